The summed E-state index contributed by atoms with van der Waals surface area (Å²) < 4.78 is 50.9. The molecule has 0 N–H and O–H groups in total. The Bertz CT molecular complexity index is 592. The molecule has 0 aromatic carbocycles. The Balaban J connectivity index is 2.85. The third kappa shape index (κ3) is 5.01. The SMILES string of the molecule is CCN(CC)S(=O)(=O)c1sc(SCCC=C(F)F)nc1C. The van der Waals surface area contributed by atoms with Crippen LogP contribution in [0.2, 0.25) is 0 Å². The van der Waals surface area contributed by atoms with Crippen molar-refractivity contribution in [2.45, 2.75) is 35.7 Å². The predicted molar refractivity (Wildman–Crippen MR) is 82.6 cm³/mol. The summed E-state index contributed by atoms with van der Waals surface area (Å²) in [4.78, 5) is 4.21. The van der Waals surface area contributed by atoms with Crippen LogP contribution in [0.25, 0.3) is 0 Å². The van der Waals surface area contributed by atoms with Crippen LogP contribution in [-0.4, -0.2) is 36.5 Å². The average molecular weight is 356 g/mol. The van der Waals surface area contributed by atoms with Crippen LogP contribution in [-0.2, 0) is 10.0 Å². The van der Waals surface area contributed by atoms with Crippen LogP contribution < -0.4 is 0 Å². The standard InChI is InChI=1S/C12H18F2N2O2S3/c1-4-16(5-2)21(17,18)11-9(3)15-12(20-11)19-8-6-7-10(13)14/h7H,4-6,8H2,1-3H3. The zero-order chi connectivity index (χ0) is 16.0. The number of nitrogens with zero attached hydrogens (tertiary/aromatic N) is 2. The van der Waals surface area contributed by atoms with Gasteiger partial charge in [-0.25, -0.2) is 13.4 Å². The van der Waals surface area contributed by atoms with Gasteiger partial charge in [0.25, 0.3) is 16.1 Å². The van der Waals surface area contributed by atoms with Gasteiger partial charge in [0.05, 0.1) is 5.69 Å². The highest BCUT2D eigenvalue weighted by Gasteiger charge is 2.27. The molecule has 0 bridgehead atoms. The largest absolute Gasteiger partial charge is 0.266 e. The van der Waals surface area contributed by atoms with E-state index in [2.05, 4.69) is 4.98 Å². The van der Waals surface area contributed by atoms with Gasteiger partial charge in [0.2, 0.25) is 0 Å². The topological polar surface area (TPSA) is 50.3 Å². The Morgan fingerprint density at radius 3 is 2.52 bits per heavy atom. The first-order valence-corrected chi connectivity index (χ1v) is 9.68. The first-order chi connectivity index (χ1) is 9.82. The summed E-state index contributed by atoms with van der Waals surface area (Å²) in [6.07, 6.45) is -0.624. The number of aryl methyl sites for hydroxylation is 1. The molecule has 0 fully saturated rings. The Labute approximate surface area is 132 Å². The molecule has 1 aromatic rings. The summed E-state index contributed by atoms with van der Waals surface area (Å²) in [5, 5.41) is 0. The first-order valence-electron chi connectivity index (χ1n) is 6.44. The zero-order valence-electron chi connectivity index (χ0n) is 12.1. The maximum absolute atomic E-state index is 12.4. The number of thioether (sulfide) groups is 1. The van der Waals surface area contributed by atoms with Crippen LogP contribution >= 0.6 is 23.1 Å². The molecular weight excluding hydrogens is 338 g/mol. The van der Waals surface area contributed by atoms with Gasteiger partial charge in [-0.2, -0.15) is 13.1 Å². The molecule has 0 saturated heterocycles. The summed E-state index contributed by atoms with van der Waals surface area (Å²) in [7, 11) is -3.51. The van der Waals surface area contributed by atoms with Gasteiger partial charge in [-0.1, -0.05) is 36.9 Å². The summed E-state index contributed by atoms with van der Waals surface area (Å²) in [6, 6.07) is 0. The average Bonchev–Trinajstić information content (AvgIpc) is 2.77. The minimum Gasteiger partial charge on any atom is -0.234 e. The third-order valence-corrected chi connectivity index (χ3v) is 7.63. The zero-order valence-corrected chi connectivity index (χ0v) is 14.5. The van der Waals surface area contributed by atoms with Crippen LogP contribution in [0, 0.1) is 6.92 Å². The minimum atomic E-state index is -3.51. The smallest absolute Gasteiger partial charge is 0.234 e. The second kappa shape index (κ2) is 8.21. The fraction of sp³-hybridized carbons (Fsp3) is 0.583. The lowest BCUT2D eigenvalue weighted by Gasteiger charge is -2.17. The lowest BCUT2D eigenvalue weighted by Crippen LogP contribution is -2.30. The molecule has 0 unspecified atom stereocenters. The monoisotopic (exact) mass is 356 g/mol. The van der Waals surface area contributed by atoms with Gasteiger partial charge in [-0.15, -0.1) is 0 Å². The molecule has 0 saturated carbocycles. The Hall–Kier alpha value is -0.510. The van der Waals surface area contributed by atoms with Crippen molar-refractivity contribution in [2.75, 3.05) is 18.8 Å². The fourth-order valence-electron chi connectivity index (χ4n) is 1.65. The molecule has 21 heavy (non-hydrogen) atoms. The van der Waals surface area contributed by atoms with Crippen molar-refractivity contribution in [1.29, 1.82) is 0 Å². The highest BCUT2D eigenvalue weighted by atomic mass is 32.3. The predicted octanol–water partition coefficient (Wildman–Crippen LogP) is 3.74. The number of halogens is 2. The molecule has 0 aliphatic rings. The molecule has 0 aliphatic carbocycles. The number of allylic oxidation sites excluding steroid dienone is 1. The maximum Gasteiger partial charge on any atom is 0.266 e. The fourth-order valence-corrected chi connectivity index (χ4v) is 6.00. The molecule has 4 nitrogen and oxygen atoms in total. The van der Waals surface area contributed by atoms with Crippen LogP contribution in [0.3, 0.4) is 0 Å². The molecule has 120 valence electrons. The highest BCUT2D eigenvalue weighted by Crippen LogP contribution is 2.32. The second-order valence-electron chi connectivity index (χ2n) is 4.07. The number of thiazole rings is 1. The number of rotatable bonds is 8. The summed E-state index contributed by atoms with van der Waals surface area (Å²) in [5.74, 6) is 0.440. The van der Waals surface area contributed by atoms with Gasteiger partial charge >= 0.3 is 0 Å². The van der Waals surface area contributed by atoms with E-state index in [1.54, 1.807) is 20.8 Å². The molecule has 1 rings (SSSR count). The van der Waals surface area contributed by atoms with Gasteiger partial charge in [-0.3, -0.25) is 0 Å². The number of sulfonamides is 1. The van der Waals surface area contributed by atoms with Crippen molar-refractivity contribution in [1.82, 2.24) is 9.29 Å². The highest BCUT2D eigenvalue weighted by molar-refractivity contribution is 8.01. The second-order valence-corrected chi connectivity index (χ2v) is 8.55. The lowest BCUT2D eigenvalue weighted by atomic mass is 10.5. The number of hydrogen-bond donors (Lipinski definition) is 0. The summed E-state index contributed by atoms with van der Waals surface area (Å²) in [6.45, 7) is 6.02. The van der Waals surface area contributed by atoms with E-state index in [-0.39, 0.29) is 10.6 Å². The minimum absolute atomic E-state index is 0.226. The van der Waals surface area contributed by atoms with Gasteiger partial charge in [0, 0.05) is 18.8 Å². The Morgan fingerprint density at radius 2 is 2.00 bits per heavy atom. The molecule has 0 amide bonds. The van der Waals surface area contributed by atoms with Crippen molar-refractivity contribution in [3.05, 3.63) is 17.9 Å². The van der Waals surface area contributed by atoms with Crippen molar-refractivity contribution >= 4 is 33.1 Å². The van der Waals surface area contributed by atoms with Crippen molar-refractivity contribution in [2.24, 2.45) is 0 Å². The van der Waals surface area contributed by atoms with Crippen LogP contribution in [0.15, 0.2) is 20.7 Å². The molecule has 0 radical (unpaired) electrons. The molecule has 1 heterocycles. The van der Waals surface area contributed by atoms with E-state index in [0.29, 0.717) is 28.9 Å². The van der Waals surface area contributed by atoms with Gasteiger partial charge in [-0.05, 0) is 19.4 Å². The number of hydrogen-bond acceptors (Lipinski definition) is 5. The third-order valence-electron chi connectivity index (χ3n) is 2.66. The van der Waals surface area contributed by atoms with Crippen molar-refractivity contribution in [3.8, 4) is 0 Å². The van der Waals surface area contributed by atoms with E-state index in [1.165, 1.54) is 16.1 Å². The molecular formula is C12H18F2N2O2S3. The molecule has 1 aromatic heterocycles. The van der Waals surface area contributed by atoms with Gasteiger partial charge < -0.3 is 0 Å². The van der Waals surface area contributed by atoms with E-state index in [9.17, 15) is 17.2 Å². The first kappa shape index (κ1) is 18.5. The maximum atomic E-state index is 12.4. The van der Waals surface area contributed by atoms with E-state index in [1.807, 2.05) is 0 Å². The van der Waals surface area contributed by atoms with E-state index in [0.717, 1.165) is 17.4 Å². The quantitative estimate of drug-likeness (QED) is 0.526. The van der Waals surface area contributed by atoms with Crippen LogP contribution in [0.5, 0.6) is 0 Å². The van der Waals surface area contributed by atoms with Gasteiger partial charge in [0.15, 0.2) is 8.55 Å². The van der Waals surface area contributed by atoms with E-state index >= 15 is 0 Å². The van der Waals surface area contributed by atoms with Crippen molar-refractivity contribution in [3.63, 3.8) is 0 Å². The molecule has 0 atom stereocenters. The van der Waals surface area contributed by atoms with Gasteiger partial charge in [0.1, 0.15) is 0 Å². The Kier molecular flexibility index (Phi) is 7.25. The van der Waals surface area contributed by atoms with E-state index in [4.69, 9.17) is 0 Å². The Morgan fingerprint density at radius 1 is 1.38 bits per heavy atom. The number of aromatic nitrogens is 1. The summed E-state index contributed by atoms with van der Waals surface area (Å²) in [5.41, 5.74) is 0.460. The van der Waals surface area contributed by atoms with E-state index < -0.39 is 16.1 Å². The van der Waals surface area contributed by atoms with Crippen LogP contribution in [0.4, 0.5) is 8.78 Å². The molecule has 9 heteroatoms. The normalized spacial score (nSPS) is 11.9. The summed E-state index contributed by atoms with van der Waals surface area (Å²) >= 11 is 2.39. The lowest BCUT2D eigenvalue weighted by molar-refractivity contribution is 0.418. The van der Waals surface area contributed by atoms with Crippen molar-refractivity contribution < 1.29 is 17.2 Å². The molecule has 0 aliphatic heterocycles. The van der Waals surface area contributed by atoms with Crippen LogP contribution in [0.1, 0.15) is 26.0 Å². The molecule has 0 spiro atoms.